The Morgan fingerprint density at radius 1 is 1.25 bits per heavy atom. The molecule has 16 heavy (non-hydrogen) atoms. The van der Waals surface area contributed by atoms with Gasteiger partial charge in [-0.1, -0.05) is 0 Å². The number of nitrogens with one attached hydrogen (secondary N) is 2. The van der Waals surface area contributed by atoms with E-state index in [1.165, 1.54) is 12.8 Å². The van der Waals surface area contributed by atoms with Crippen LogP contribution in [0.2, 0.25) is 0 Å². The second-order valence-corrected chi connectivity index (χ2v) is 5.36. The van der Waals surface area contributed by atoms with Crippen LogP contribution in [0.15, 0.2) is 0 Å². The van der Waals surface area contributed by atoms with Crippen molar-refractivity contribution >= 4 is 6.09 Å². The Bertz CT molecular complexity index is 220. The molecule has 0 aromatic heterocycles. The summed E-state index contributed by atoms with van der Waals surface area (Å²) in [7, 11) is 0. The lowest BCUT2D eigenvalue weighted by atomic mass is 10.2. The minimum atomic E-state index is -0.405. The smallest absolute Gasteiger partial charge is 0.407 e. The summed E-state index contributed by atoms with van der Waals surface area (Å²) in [5, 5.41) is 6.19. The molecule has 4 heteroatoms. The molecule has 1 saturated carbocycles. The third kappa shape index (κ3) is 7.51. The SMILES string of the molecule is CC(C)(C)OC(=O)NCCCCNC1CC1. The van der Waals surface area contributed by atoms with Crippen LogP contribution in [0, 0.1) is 0 Å². The van der Waals surface area contributed by atoms with Crippen molar-refractivity contribution in [3.05, 3.63) is 0 Å². The number of hydrogen-bond acceptors (Lipinski definition) is 3. The first-order valence-corrected chi connectivity index (χ1v) is 6.17. The summed E-state index contributed by atoms with van der Waals surface area (Å²) in [5.74, 6) is 0. The van der Waals surface area contributed by atoms with E-state index in [0.29, 0.717) is 6.54 Å². The maximum Gasteiger partial charge on any atom is 0.407 e. The second-order valence-electron chi connectivity index (χ2n) is 5.36. The van der Waals surface area contributed by atoms with Crippen LogP contribution in [-0.4, -0.2) is 30.8 Å². The van der Waals surface area contributed by atoms with Crippen LogP contribution in [0.5, 0.6) is 0 Å². The van der Waals surface area contributed by atoms with Crippen LogP contribution in [0.1, 0.15) is 46.5 Å². The lowest BCUT2D eigenvalue weighted by molar-refractivity contribution is 0.0527. The van der Waals surface area contributed by atoms with Gasteiger partial charge in [-0.15, -0.1) is 0 Å². The van der Waals surface area contributed by atoms with Gasteiger partial charge in [0.25, 0.3) is 0 Å². The summed E-state index contributed by atoms with van der Waals surface area (Å²) in [4.78, 5) is 11.3. The summed E-state index contributed by atoms with van der Waals surface area (Å²) < 4.78 is 5.13. The predicted octanol–water partition coefficient (Wildman–Crippen LogP) is 2.04. The zero-order chi connectivity index (χ0) is 12.0. The van der Waals surface area contributed by atoms with E-state index < -0.39 is 5.60 Å². The van der Waals surface area contributed by atoms with Gasteiger partial charge in [-0.3, -0.25) is 0 Å². The van der Waals surface area contributed by atoms with E-state index in [9.17, 15) is 4.79 Å². The van der Waals surface area contributed by atoms with Crippen molar-refractivity contribution in [1.29, 1.82) is 0 Å². The van der Waals surface area contributed by atoms with Crippen molar-refractivity contribution < 1.29 is 9.53 Å². The van der Waals surface area contributed by atoms with Gasteiger partial charge in [-0.25, -0.2) is 4.79 Å². The molecule has 1 amide bonds. The number of amides is 1. The zero-order valence-corrected chi connectivity index (χ0v) is 10.6. The quantitative estimate of drug-likeness (QED) is 0.684. The topological polar surface area (TPSA) is 50.4 Å². The highest BCUT2D eigenvalue weighted by atomic mass is 16.6. The highest BCUT2D eigenvalue weighted by Crippen LogP contribution is 2.18. The number of carbonyl (C=O) groups is 1. The Kier molecular flexibility index (Phi) is 5.06. The lowest BCUT2D eigenvalue weighted by Crippen LogP contribution is -2.33. The van der Waals surface area contributed by atoms with Gasteiger partial charge in [0, 0.05) is 12.6 Å². The number of carbonyl (C=O) groups excluding carboxylic acids is 1. The molecule has 4 nitrogen and oxygen atoms in total. The van der Waals surface area contributed by atoms with Crippen LogP contribution in [0.25, 0.3) is 0 Å². The molecule has 0 radical (unpaired) electrons. The molecule has 1 aliphatic rings. The average Bonchev–Trinajstić information content (AvgIpc) is 2.91. The van der Waals surface area contributed by atoms with Crippen LogP contribution < -0.4 is 10.6 Å². The van der Waals surface area contributed by atoms with E-state index in [1.54, 1.807) is 0 Å². The van der Waals surface area contributed by atoms with Gasteiger partial charge in [0.05, 0.1) is 0 Å². The molecule has 0 saturated heterocycles. The van der Waals surface area contributed by atoms with Crippen LogP contribution >= 0.6 is 0 Å². The minimum Gasteiger partial charge on any atom is -0.444 e. The average molecular weight is 228 g/mol. The molecule has 0 heterocycles. The first-order valence-electron chi connectivity index (χ1n) is 6.17. The van der Waals surface area contributed by atoms with Gasteiger partial charge in [0.1, 0.15) is 5.60 Å². The van der Waals surface area contributed by atoms with Gasteiger partial charge < -0.3 is 15.4 Å². The van der Waals surface area contributed by atoms with Crippen molar-refractivity contribution in [3.63, 3.8) is 0 Å². The molecule has 0 unspecified atom stereocenters. The fourth-order valence-corrected chi connectivity index (χ4v) is 1.35. The van der Waals surface area contributed by atoms with Gasteiger partial charge in [0.2, 0.25) is 0 Å². The van der Waals surface area contributed by atoms with E-state index in [4.69, 9.17) is 4.74 Å². The molecule has 94 valence electrons. The number of hydrogen-bond donors (Lipinski definition) is 2. The summed E-state index contributed by atoms with van der Waals surface area (Å²) in [6.07, 6.45) is 4.44. The molecule has 0 spiro atoms. The summed E-state index contributed by atoms with van der Waals surface area (Å²) in [5.41, 5.74) is -0.405. The van der Waals surface area contributed by atoms with Crippen LogP contribution in [0.4, 0.5) is 4.79 Å². The third-order valence-corrected chi connectivity index (χ3v) is 2.28. The second kappa shape index (κ2) is 6.09. The van der Waals surface area contributed by atoms with E-state index in [2.05, 4.69) is 10.6 Å². The highest BCUT2D eigenvalue weighted by molar-refractivity contribution is 5.67. The molecule has 0 aromatic carbocycles. The molecule has 0 aliphatic heterocycles. The van der Waals surface area contributed by atoms with Crippen LogP contribution in [0.3, 0.4) is 0 Å². The fraction of sp³-hybridized carbons (Fsp3) is 0.917. The molecule has 1 fully saturated rings. The molecule has 1 aliphatic carbocycles. The molecule has 0 aromatic rings. The van der Waals surface area contributed by atoms with Crippen molar-refractivity contribution in [3.8, 4) is 0 Å². The van der Waals surface area contributed by atoms with Crippen molar-refractivity contribution in [2.45, 2.75) is 58.1 Å². The molecule has 2 N–H and O–H groups in total. The van der Waals surface area contributed by atoms with Gasteiger partial charge in [-0.2, -0.15) is 0 Å². The Hall–Kier alpha value is -0.770. The third-order valence-electron chi connectivity index (χ3n) is 2.28. The minimum absolute atomic E-state index is 0.317. The number of rotatable bonds is 6. The molecule has 1 rings (SSSR count). The van der Waals surface area contributed by atoms with E-state index in [-0.39, 0.29) is 6.09 Å². The summed E-state index contributed by atoms with van der Waals surface area (Å²) >= 11 is 0. The highest BCUT2D eigenvalue weighted by Gasteiger charge is 2.19. The number of alkyl carbamates (subject to hydrolysis) is 1. The van der Waals surface area contributed by atoms with Crippen molar-refractivity contribution in [2.75, 3.05) is 13.1 Å². The first-order chi connectivity index (χ1) is 7.47. The molecule has 0 bridgehead atoms. The molecular formula is C12H24N2O2. The van der Waals surface area contributed by atoms with Gasteiger partial charge >= 0.3 is 6.09 Å². The monoisotopic (exact) mass is 228 g/mol. The summed E-state index contributed by atoms with van der Waals surface area (Å²) in [6, 6.07) is 0.777. The predicted molar refractivity (Wildman–Crippen MR) is 64.5 cm³/mol. The van der Waals surface area contributed by atoms with Crippen molar-refractivity contribution in [1.82, 2.24) is 10.6 Å². The normalized spacial score (nSPS) is 15.9. The van der Waals surface area contributed by atoms with E-state index in [1.807, 2.05) is 20.8 Å². The number of unbranched alkanes of at least 4 members (excludes halogenated alkanes) is 1. The summed E-state index contributed by atoms with van der Waals surface area (Å²) in [6.45, 7) is 7.35. The molecule has 0 atom stereocenters. The molecular weight excluding hydrogens is 204 g/mol. The first kappa shape index (κ1) is 13.3. The Morgan fingerprint density at radius 3 is 2.44 bits per heavy atom. The lowest BCUT2D eigenvalue weighted by Gasteiger charge is -2.19. The Balaban J connectivity index is 1.87. The van der Waals surface area contributed by atoms with Crippen LogP contribution in [-0.2, 0) is 4.74 Å². The zero-order valence-electron chi connectivity index (χ0n) is 10.6. The fourth-order valence-electron chi connectivity index (χ4n) is 1.35. The van der Waals surface area contributed by atoms with E-state index >= 15 is 0 Å². The Labute approximate surface area is 98.1 Å². The van der Waals surface area contributed by atoms with Gasteiger partial charge in [0.15, 0.2) is 0 Å². The Morgan fingerprint density at radius 2 is 1.88 bits per heavy atom. The number of ether oxygens (including phenoxy) is 1. The standard InChI is InChI=1S/C12H24N2O2/c1-12(2,3)16-11(15)14-9-5-4-8-13-10-6-7-10/h10,13H,4-9H2,1-3H3,(H,14,15). The van der Waals surface area contributed by atoms with Crippen molar-refractivity contribution in [2.24, 2.45) is 0 Å². The maximum absolute atomic E-state index is 11.3. The van der Waals surface area contributed by atoms with E-state index in [0.717, 1.165) is 25.4 Å². The largest absolute Gasteiger partial charge is 0.444 e. The maximum atomic E-state index is 11.3. The van der Waals surface area contributed by atoms with Gasteiger partial charge in [-0.05, 0) is 53.0 Å².